The van der Waals surface area contributed by atoms with Gasteiger partial charge in [-0.2, -0.15) is 0 Å². The number of hydrogen-bond acceptors (Lipinski definition) is 4. The molecule has 4 nitrogen and oxygen atoms in total. The van der Waals surface area contributed by atoms with Gasteiger partial charge in [-0.25, -0.2) is 0 Å². The summed E-state index contributed by atoms with van der Waals surface area (Å²) in [7, 11) is 0. The van der Waals surface area contributed by atoms with Gasteiger partial charge in [0, 0.05) is 16.6 Å². The molecular formula is C15H19BrN4. The maximum absolute atomic E-state index is 5.70. The summed E-state index contributed by atoms with van der Waals surface area (Å²) in [5, 5.41) is 11.7. The SMILES string of the molecule is CC(C)(CN)CNc1ccc(-c2ccc(Br)cc2)nn1. The van der Waals surface area contributed by atoms with Gasteiger partial charge in [0.2, 0.25) is 0 Å². The van der Waals surface area contributed by atoms with Crippen molar-refractivity contribution in [2.24, 2.45) is 11.1 Å². The van der Waals surface area contributed by atoms with Crippen molar-refractivity contribution in [3.8, 4) is 11.3 Å². The van der Waals surface area contributed by atoms with Crippen LogP contribution in [0, 0.1) is 5.41 Å². The zero-order valence-corrected chi connectivity index (χ0v) is 13.3. The predicted molar refractivity (Wildman–Crippen MR) is 86.5 cm³/mol. The summed E-state index contributed by atoms with van der Waals surface area (Å²) in [6.07, 6.45) is 0. The molecule has 20 heavy (non-hydrogen) atoms. The van der Waals surface area contributed by atoms with Gasteiger partial charge in [0.25, 0.3) is 0 Å². The van der Waals surface area contributed by atoms with Gasteiger partial charge in [-0.05, 0) is 36.2 Å². The Hall–Kier alpha value is -1.46. The van der Waals surface area contributed by atoms with E-state index in [0.29, 0.717) is 6.54 Å². The van der Waals surface area contributed by atoms with Crippen molar-refractivity contribution in [3.05, 3.63) is 40.9 Å². The molecule has 2 aromatic rings. The number of halogens is 1. The molecule has 0 atom stereocenters. The number of rotatable bonds is 5. The van der Waals surface area contributed by atoms with Crippen LogP contribution in [0.1, 0.15) is 13.8 Å². The summed E-state index contributed by atoms with van der Waals surface area (Å²) in [4.78, 5) is 0. The molecule has 1 aromatic heterocycles. The van der Waals surface area contributed by atoms with E-state index < -0.39 is 0 Å². The third-order valence-electron chi connectivity index (χ3n) is 3.11. The van der Waals surface area contributed by atoms with Gasteiger partial charge in [-0.1, -0.05) is 41.9 Å². The normalized spacial score (nSPS) is 11.4. The van der Waals surface area contributed by atoms with E-state index >= 15 is 0 Å². The molecule has 0 aliphatic rings. The minimum absolute atomic E-state index is 0.0477. The van der Waals surface area contributed by atoms with E-state index in [2.05, 4.69) is 45.3 Å². The molecule has 0 spiro atoms. The first-order chi connectivity index (χ1) is 9.50. The number of nitrogens with two attached hydrogens (primary N) is 1. The van der Waals surface area contributed by atoms with Gasteiger partial charge in [0.05, 0.1) is 5.69 Å². The lowest BCUT2D eigenvalue weighted by Crippen LogP contribution is -2.31. The fourth-order valence-electron chi connectivity index (χ4n) is 1.60. The molecule has 0 bridgehead atoms. The van der Waals surface area contributed by atoms with Crippen LogP contribution < -0.4 is 11.1 Å². The van der Waals surface area contributed by atoms with Crippen LogP contribution in [0.2, 0.25) is 0 Å². The molecule has 106 valence electrons. The number of aromatic nitrogens is 2. The van der Waals surface area contributed by atoms with Crippen molar-refractivity contribution >= 4 is 21.7 Å². The Morgan fingerprint density at radius 3 is 2.35 bits per heavy atom. The first kappa shape index (κ1) is 14.9. The molecule has 1 aromatic carbocycles. The lowest BCUT2D eigenvalue weighted by molar-refractivity contribution is 0.405. The first-order valence-electron chi connectivity index (χ1n) is 6.54. The average molecular weight is 335 g/mol. The lowest BCUT2D eigenvalue weighted by atomic mass is 9.94. The predicted octanol–water partition coefficient (Wildman–Crippen LogP) is 3.30. The monoisotopic (exact) mass is 334 g/mol. The van der Waals surface area contributed by atoms with E-state index in [-0.39, 0.29) is 5.41 Å². The second-order valence-electron chi connectivity index (χ2n) is 5.53. The quantitative estimate of drug-likeness (QED) is 0.880. The van der Waals surface area contributed by atoms with Crippen LogP contribution >= 0.6 is 15.9 Å². The molecule has 2 rings (SSSR count). The minimum Gasteiger partial charge on any atom is -0.368 e. The summed E-state index contributed by atoms with van der Waals surface area (Å²) in [6, 6.07) is 11.9. The van der Waals surface area contributed by atoms with Gasteiger partial charge >= 0.3 is 0 Å². The maximum Gasteiger partial charge on any atom is 0.148 e. The van der Waals surface area contributed by atoms with Crippen LogP contribution in [-0.4, -0.2) is 23.3 Å². The third kappa shape index (κ3) is 4.02. The Morgan fingerprint density at radius 1 is 1.10 bits per heavy atom. The Labute approximate surface area is 127 Å². The van der Waals surface area contributed by atoms with Gasteiger partial charge in [0.1, 0.15) is 5.82 Å². The van der Waals surface area contributed by atoms with Crippen molar-refractivity contribution in [1.82, 2.24) is 10.2 Å². The molecule has 0 aliphatic heterocycles. The van der Waals surface area contributed by atoms with Crippen LogP contribution in [0.4, 0.5) is 5.82 Å². The van der Waals surface area contributed by atoms with Crippen LogP contribution in [-0.2, 0) is 0 Å². The number of anilines is 1. The van der Waals surface area contributed by atoms with Gasteiger partial charge in [0.15, 0.2) is 0 Å². The molecule has 0 fully saturated rings. The largest absolute Gasteiger partial charge is 0.368 e. The zero-order chi connectivity index (χ0) is 14.6. The molecule has 1 heterocycles. The fraction of sp³-hybridized carbons (Fsp3) is 0.333. The van der Waals surface area contributed by atoms with Crippen LogP contribution in [0.3, 0.4) is 0 Å². The molecule has 0 radical (unpaired) electrons. The molecule has 3 N–H and O–H groups in total. The Bertz CT molecular complexity index is 549. The number of benzene rings is 1. The van der Waals surface area contributed by atoms with Crippen molar-refractivity contribution in [2.45, 2.75) is 13.8 Å². The lowest BCUT2D eigenvalue weighted by Gasteiger charge is -2.22. The van der Waals surface area contributed by atoms with Crippen molar-refractivity contribution < 1.29 is 0 Å². The van der Waals surface area contributed by atoms with Crippen molar-refractivity contribution in [1.29, 1.82) is 0 Å². The maximum atomic E-state index is 5.70. The average Bonchev–Trinajstić information content (AvgIpc) is 2.47. The number of nitrogens with one attached hydrogen (secondary N) is 1. The molecule has 0 saturated carbocycles. The number of hydrogen-bond donors (Lipinski definition) is 2. The van der Waals surface area contributed by atoms with Gasteiger partial charge < -0.3 is 11.1 Å². The summed E-state index contributed by atoms with van der Waals surface area (Å²) < 4.78 is 1.05. The molecule has 0 aliphatic carbocycles. The van der Waals surface area contributed by atoms with E-state index in [4.69, 9.17) is 5.73 Å². The van der Waals surface area contributed by atoms with E-state index in [1.54, 1.807) is 0 Å². The molecule has 5 heteroatoms. The summed E-state index contributed by atoms with van der Waals surface area (Å²) in [5.74, 6) is 0.771. The molecular weight excluding hydrogens is 316 g/mol. The standard InChI is InChI=1S/C15H19BrN4/c1-15(2,9-17)10-18-14-8-7-13(19-20-14)11-3-5-12(16)6-4-11/h3-8H,9-10,17H2,1-2H3,(H,18,20). The van der Waals surface area contributed by atoms with Gasteiger partial charge in [-0.3, -0.25) is 0 Å². The topological polar surface area (TPSA) is 63.8 Å². The Morgan fingerprint density at radius 2 is 1.80 bits per heavy atom. The summed E-state index contributed by atoms with van der Waals surface area (Å²) in [6.45, 7) is 5.63. The van der Waals surface area contributed by atoms with Crippen LogP contribution in [0.15, 0.2) is 40.9 Å². The smallest absolute Gasteiger partial charge is 0.148 e. The highest BCUT2D eigenvalue weighted by Crippen LogP contribution is 2.20. The van der Waals surface area contributed by atoms with E-state index in [1.807, 2.05) is 36.4 Å². The highest BCUT2D eigenvalue weighted by atomic mass is 79.9. The third-order valence-corrected chi connectivity index (χ3v) is 3.63. The van der Waals surface area contributed by atoms with Crippen molar-refractivity contribution in [3.63, 3.8) is 0 Å². The summed E-state index contributed by atoms with van der Waals surface area (Å²) in [5.41, 5.74) is 7.66. The van der Waals surface area contributed by atoms with E-state index in [0.717, 1.165) is 28.1 Å². The van der Waals surface area contributed by atoms with Gasteiger partial charge in [-0.15, -0.1) is 10.2 Å². The van der Waals surface area contributed by atoms with Crippen molar-refractivity contribution in [2.75, 3.05) is 18.4 Å². The summed E-state index contributed by atoms with van der Waals surface area (Å²) >= 11 is 3.42. The van der Waals surface area contributed by atoms with E-state index in [1.165, 1.54) is 0 Å². The highest BCUT2D eigenvalue weighted by molar-refractivity contribution is 9.10. The fourth-order valence-corrected chi connectivity index (χ4v) is 1.87. The van der Waals surface area contributed by atoms with Crippen LogP contribution in [0.5, 0.6) is 0 Å². The second-order valence-corrected chi connectivity index (χ2v) is 6.45. The molecule has 0 unspecified atom stereocenters. The van der Waals surface area contributed by atoms with E-state index in [9.17, 15) is 0 Å². The minimum atomic E-state index is 0.0477. The first-order valence-corrected chi connectivity index (χ1v) is 7.33. The van der Waals surface area contributed by atoms with Crippen LogP contribution in [0.25, 0.3) is 11.3 Å². The Kier molecular flexibility index (Phi) is 4.73. The zero-order valence-electron chi connectivity index (χ0n) is 11.7. The number of nitrogens with zero attached hydrogens (tertiary/aromatic N) is 2. The highest BCUT2D eigenvalue weighted by Gasteiger charge is 2.15. The molecule has 0 amide bonds. The molecule has 0 saturated heterocycles. The Balaban J connectivity index is 2.05. The second kappa shape index (κ2) is 6.33.